The van der Waals surface area contributed by atoms with E-state index in [0.717, 1.165) is 5.56 Å². The van der Waals surface area contributed by atoms with Crippen molar-refractivity contribution in [3.8, 4) is 0 Å². The number of hydrogen-bond donors (Lipinski definition) is 4. The fraction of sp³-hybridized carbons (Fsp3) is 0.417. The Morgan fingerprint density at radius 3 is 2.53 bits per heavy atom. The standard InChI is InChI=1S/C12H19N3O2/c1-9(11(13)15-17)14-12(2,8-16)10-6-4-3-5-7-10/h3-7,9,14,16-17H,8H2,1-2H3,(H2,13,15). The van der Waals surface area contributed by atoms with Gasteiger partial charge in [0.2, 0.25) is 0 Å². The van der Waals surface area contributed by atoms with Crippen molar-refractivity contribution in [3.63, 3.8) is 0 Å². The minimum atomic E-state index is -0.629. The number of rotatable bonds is 5. The molecule has 0 saturated carbocycles. The number of amidine groups is 1. The van der Waals surface area contributed by atoms with Gasteiger partial charge in [0.25, 0.3) is 0 Å². The first-order chi connectivity index (χ1) is 8.03. The zero-order chi connectivity index (χ0) is 12.9. The molecule has 0 saturated heterocycles. The summed E-state index contributed by atoms with van der Waals surface area (Å²) in [5.41, 5.74) is 5.83. The van der Waals surface area contributed by atoms with Gasteiger partial charge in [-0.15, -0.1) is 0 Å². The molecule has 0 fully saturated rings. The highest BCUT2D eigenvalue weighted by molar-refractivity contribution is 5.84. The Balaban J connectivity index is 2.90. The third-order valence-corrected chi connectivity index (χ3v) is 2.82. The molecular formula is C12H19N3O2. The maximum absolute atomic E-state index is 9.54. The summed E-state index contributed by atoms with van der Waals surface area (Å²) < 4.78 is 0. The van der Waals surface area contributed by atoms with Crippen LogP contribution in [0.15, 0.2) is 35.5 Å². The second-order valence-electron chi connectivity index (χ2n) is 4.25. The van der Waals surface area contributed by atoms with Gasteiger partial charge in [0, 0.05) is 0 Å². The predicted octanol–water partition coefficient (Wildman–Crippen LogP) is 0.619. The molecule has 2 unspecified atom stereocenters. The van der Waals surface area contributed by atoms with Crippen molar-refractivity contribution < 1.29 is 10.3 Å². The Morgan fingerprint density at radius 2 is 2.06 bits per heavy atom. The van der Waals surface area contributed by atoms with Crippen molar-refractivity contribution in [1.82, 2.24) is 5.32 Å². The van der Waals surface area contributed by atoms with Crippen molar-refractivity contribution in [2.24, 2.45) is 10.9 Å². The third-order valence-electron chi connectivity index (χ3n) is 2.82. The summed E-state index contributed by atoms with van der Waals surface area (Å²) in [6, 6.07) is 9.22. The molecule has 0 aliphatic heterocycles. The maximum atomic E-state index is 9.54. The lowest BCUT2D eigenvalue weighted by atomic mass is 9.92. The van der Waals surface area contributed by atoms with Gasteiger partial charge in [-0.3, -0.25) is 5.32 Å². The van der Waals surface area contributed by atoms with Crippen molar-refractivity contribution in [2.75, 3.05) is 6.61 Å². The number of hydrogen-bond acceptors (Lipinski definition) is 4. The molecule has 1 aromatic carbocycles. The maximum Gasteiger partial charge on any atom is 0.156 e. The van der Waals surface area contributed by atoms with Crippen LogP contribution in [0.1, 0.15) is 19.4 Å². The van der Waals surface area contributed by atoms with E-state index in [9.17, 15) is 5.11 Å². The van der Waals surface area contributed by atoms with Crippen molar-refractivity contribution in [3.05, 3.63) is 35.9 Å². The lowest BCUT2D eigenvalue weighted by Gasteiger charge is -2.32. The van der Waals surface area contributed by atoms with Crippen LogP contribution in [0.5, 0.6) is 0 Å². The van der Waals surface area contributed by atoms with Crippen LogP contribution >= 0.6 is 0 Å². The Kier molecular flexibility index (Phi) is 4.48. The van der Waals surface area contributed by atoms with Crippen LogP contribution < -0.4 is 11.1 Å². The summed E-state index contributed by atoms with van der Waals surface area (Å²) in [4.78, 5) is 0. The molecule has 1 aromatic rings. The Labute approximate surface area is 101 Å². The van der Waals surface area contributed by atoms with Gasteiger partial charge >= 0.3 is 0 Å². The number of benzene rings is 1. The first kappa shape index (κ1) is 13.5. The van der Waals surface area contributed by atoms with E-state index in [1.807, 2.05) is 37.3 Å². The molecule has 5 nitrogen and oxygen atoms in total. The van der Waals surface area contributed by atoms with Gasteiger partial charge in [-0.05, 0) is 19.4 Å². The fourth-order valence-electron chi connectivity index (χ4n) is 1.66. The number of aliphatic hydroxyl groups excluding tert-OH is 1. The Bertz CT molecular complexity index is 381. The quantitative estimate of drug-likeness (QED) is 0.261. The molecule has 2 atom stereocenters. The van der Waals surface area contributed by atoms with E-state index in [4.69, 9.17) is 10.9 Å². The van der Waals surface area contributed by atoms with E-state index in [1.165, 1.54) is 0 Å². The summed E-state index contributed by atoms with van der Waals surface area (Å²) in [5, 5.41) is 24.2. The van der Waals surface area contributed by atoms with Gasteiger partial charge in [-0.25, -0.2) is 0 Å². The number of oxime groups is 1. The summed E-state index contributed by atoms with van der Waals surface area (Å²) >= 11 is 0. The predicted molar refractivity (Wildman–Crippen MR) is 66.9 cm³/mol. The van der Waals surface area contributed by atoms with E-state index in [-0.39, 0.29) is 18.5 Å². The summed E-state index contributed by atoms with van der Waals surface area (Å²) in [5.74, 6) is 0.0839. The van der Waals surface area contributed by atoms with Crippen LogP contribution in [0.4, 0.5) is 0 Å². The van der Waals surface area contributed by atoms with E-state index in [2.05, 4.69) is 10.5 Å². The molecule has 5 heteroatoms. The second kappa shape index (κ2) is 5.65. The minimum Gasteiger partial charge on any atom is -0.409 e. The van der Waals surface area contributed by atoms with E-state index >= 15 is 0 Å². The Hall–Kier alpha value is -1.59. The number of nitrogens with zero attached hydrogens (tertiary/aromatic N) is 1. The number of nitrogens with two attached hydrogens (primary N) is 1. The van der Waals surface area contributed by atoms with Gasteiger partial charge < -0.3 is 16.0 Å². The number of nitrogens with one attached hydrogen (secondary N) is 1. The lowest BCUT2D eigenvalue weighted by molar-refractivity contribution is 0.171. The molecule has 0 radical (unpaired) electrons. The van der Waals surface area contributed by atoms with Gasteiger partial charge in [-0.1, -0.05) is 35.5 Å². The third kappa shape index (κ3) is 3.18. The van der Waals surface area contributed by atoms with Crippen LogP contribution in [0.3, 0.4) is 0 Å². The molecule has 1 rings (SSSR count). The first-order valence-corrected chi connectivity index (χ1v) is 5.45. The molecule has 0 aromatic heterocycles. The molecule has 94 valence electrons. The summed E-state index contributed by atoms with van der Waals surface area (Å²) in [6.45, 7) is 3.55. The molecule has 0 aliphatic carbocycles. The first-order valence-electron chi connectivity index (χ1n) is 5.45. The smallest absolute Gasteiger partial charge is 0.156 e. The Morgan fingerprint density at radius 1 is 1.47 bits per heavy atom. The van der Waals surface area contributed by atoms with Crippen LogP contribution in [-0.2, 0) is 5.54 Å². The normalized spacial score (nSPS) is 17.5. The highest BCUT2D eigenvalue weighted by Gasteiger charge is 2.28. The van der Waals surface area contributed by atoms with Gasteiger partial charge in [0.05, 0.1) is 18.2 Å². The fourth-order valence-corrected chi connectivity index (χ4v) is 1.66. The summed E-state index contributed by atoms with van der Waals surface area (Å²) in [6.07, 6.45) is 0. The number of aliphatic hydroxyl groups is 1. The van der Waals surface area contributed by atoms with Crippen LogP contribution in [0, 0.1) is 0 Å². The molecule has 0 spiro atoms. The monoisotopic (exact) mass is 237 g/mol. The zero-order valence-corrected chi connectivity index (χ0v) is 10.1. The minimum absolute atomic E-state index is 0.0833. The van der Waals surface area contributed by atoms with Gasteiger partial charge in [-0.2, -0.15) is 0 Å². The highest BCUT2D eigenvalue weighted by Crippen LogP contribution is 2.20. The average Bonchev–Trinajstić information content (AvgIpc) is 2.38. The van der Waals surface area contributed by atoms with Crippen molar-refractivity contribution in [1.29, 1.82) is 0 Å². The van der Waals surface area contributed by atoms with E-state index in [0.29, 0.717) is 0 Å². The van der Waals surface area contributed by atoms with E-state index < -0.39 is 5.54 Å². The van der Waals surface area contributed by atoms with Gasteiger partial charge in [0.1, 0.15) is 0 Å². The molecular weight excluding hydrogens is 218 g/mol. The largest absolute Gasteiger partial charge is 0.409 e. The van der Waals surface area contributed by atoms with Crippen LogP contribution in [-0.4, -0.2) is 28.8 Å². The molecule has 0 aliphatic rings. The summed E-state index contributed by atoms with van der Waals surface area (Å²) in [7, 11) is 0. The van der Waals surface area contributed by atoms with Crippen LogP contribution in [0.25, 0.3) is 0 Å². The SMILES string of the molecule is CC(NC(C)(CO)c1ccccc1)/C(N)=N/O. The molecule has 17 heavy (non-hydrogen) atoms. The van der Waals surface area contributed by atoms with E-state index in [1.54, 1.807) is 6.92 Å². The second-order valence-corrected chi connectivity index (χ2v) is 4.25. The molecule has 0 amide bonds. The van der Waals surface area contributed by atoms with Crippen LogP contribution in [0.2, 0.25) is 0 Å². The topological polar surface area (TPSA) is 90.9 Å². The zero-order valence-electron chi connectivity index (χ0n) is 10.1. The average molecular weight is 237 g/mol. The van der Waals surface area contributed by atoms with Crippen molar-refractivity contribution in [2.45, 2.75) is 25.4 Å². The lowest BCUT2D eigenvalue weighted by Crippen LogP contribution is -2.52. The molecule has 5 N–H and O–H groups in total. The van der Waals surface area contributed by atoms with Gasteiger partial charge in [0.15, 0.2) is 5.84 Å². The molecule has 0 bridgehead atoms. The highest BCUT2D eigenvalue weighted by atomic mass is 16.4. The van der Waals surface area contributed by atoms with Crippen molar-refractivity contribution >= 4 is 5.84 Å². The molecule has 0 heterocycles.